The molecule has 0 aliphatic carbocycles. The van der Waals surface area contributed by atoms with Gasteiger partial charge in [0.25, 0.3) is 5.91 Å². The normalized spacial score (nSPS) is 10.1. The average Bonchev–Trinajstić information content (AvgIpc) is 2.74. The van der Waals surface area contributed by atoms with E-state index in [0.29, 0.717) is 36.0 Å². The van der Waals surface area contributed by atoms with Crippen molar-refractivity contribution in [1.29, 1.82) is 0 Å². The lowest BCUT2D eigenvalue weighted by atomic mass is 10.2. The molecule has 2 rings (SSSR count). The fourth-order valence-electron chi connectivity index (χ4n) is 2.49. The minimum absolute atomic E-state index is 0.244. The second-order valence-electron chi connectivity index (χ2n) is 5.95. The minimum Gasteiger partial charge on any atom is -0.490 e. The third-order valence-corrected chi connectivity index (χ3v) is 3.79. The van der Waals surface area contributed by atoms with Crippen molar-refractivity contribution < 1.29 is 33.3 Å². The molecule has 160 valence electrons. The first-order chi connectivity index (χ1) is 14.5. The van der Waals surface area contributed by atoms with Crippen LogP contribution in [0.25, 0.3) is 0 Å². The number of hydrogen-bond acceptors (Lipinski definition) is 7. The van der Waals surface area contributed by atoms with Crippen LogP contribution in [0.1, 0.15) is 41.5 Å². The fraction of sp³-hybridized carbons (Fsp3) is 0.318. The van der Waals surface area contributed by atoms with E-state index in [2.05, 4.69) is 5.32 Å². The first-order valence-corrected chi connectivity index (χ1v) is 9.62. The Bertz CT molecular complexity index is 878. The summed E-state index contributed by atoms with van der Waals surface area (Å²) < 4.78 is 20.9. The molecular weight excluding hydrogens is 390 g/mol. The van der Waals surface area contributed by atoms with Crippen molar-refractivity contribution >= 4 is 23.5 Å². The summed E-state index contributed by atoms with van der Waals surface area (Å²) >= 11 is 0. The zero-order valence-electron chi connectivity index (χ0n) is 17.2. The van der Waals surface area contributed by atoms with Crippen LogP contribution in [0.5, 0.6) is 11.5 Å². The topological polar surface area (TPSA) is 100 Å². The standard InChI is InChI=1S/C22H25NO7/c1-4-27-18-12-9-16(13-19(18)28-5-2)22(26)30-14-20(24)23-17-10-7-15(8-11-17)21(25)29-6-3/h7-13H,4-6,14H2,1-3H3,(H,23,24). The third kappa shape index (κ3) is 6.51. The Labute approximate surface area is 175 Å². The van der Waals surface area contributed by atoms with Gasteiger partial charge in [-0.1, -0.05) is 0 Å². The minimum atomic E-state index is -0.660. The molecule has 0 aliphatic rings. The Morgan fingerprint density at radius 1 is 0.733 bits per heavy atom. The van der Waals surface area contributed by atoms with Gasteiger partial charge in [0.1, 0.15) is 0 Å². The van der Waals surface area contributed by atoms with Crippen LogP contribution in [-0.4, -0.2) is 44.3 Å². The van der Waals surface area contributed by atoms with Crippen molar-refractivity contribution in [2.24, 2.45) is 0 Å². The SMILES string of the molecule is CCOC(=O)c1ccc(NC(=O)COC(=O)c2ccc(OCC)c(OCC)c2)cc1. The van der Waals surface area contributed by atoms with Gasteiger partial charge in [-0.2, -0.15) is 0 Å². The maximum atomic E-state index is 12.3. The van der Waals surface area contributed by atoms with E-state index in [1.807, 2.05) is 13.8 Å². The summed E-state index contributed by atoms with van der Waals surface area (Å²) in [6.07, 6.45) is 0. The van der Waals surface area contributed by atoms with Crippen molar-refractivity contribution in [2.75, 3.05) is 31.7 Å². The number of rotatable bonds is 10. The second-order valence-corrected chi connectivity index (χ2v) is 5.95. The molecule has 0 heterocycles. The smallest absolute Gasteiger partial charge is 0.338 e. The van der Waals surface area contributed by atoms with Gasteiger partial charge >= 0.3 is 11.9 Å². The van der Waals surface area contributed by atoms with Crippen LogP contribution >= 0.6 is 0 Å². The van der Waals surface area contributed by atoms with Crippen LogP contribution < -0.4 is 14.8 Å². The highest BCUT2D eigenvalue weighted by molar-refractivity contribution is 5.96. The lowest BCUT2D eigenvalue weighted by molar-refractivity contribution is -0.119. The number of nitrogens with one attached hydrogen (secondary N) is 1. The molecule has 8 heteroatoms. The van der Waals surface area contributed by atoms with Gasteiger partial charge in [-0.15, -0.1) is 0 Å². The number of esters is 2. The molecule has 1 amide bonds. The highest BCUT2D eigenvalue weighted by Gasteiger charge is 2.14. The molecule has 0 saturated carbocycles. The number of benzene rings is 2. The number of hydrogen-bond donors (Lipinski definition) is 1. The molecule has 2 aromatic carbocycles. The van der Waals surface area contributed by atoms with Gasteiger partial charge in [-0.3, -0.25) is 4.79 Å². The predicted octanol–water partition coefficient (Wildman–Crippen LogP) is 3.46. The number of anilines is 1. The van der Waals surface area contributed by atoms with Crippen LogP contribution in [0.15, 0.2) is 42.5 Å². The molecule has 0 radical (unpaired) electrons. The average molecular weight is 415 g/mol. The lowest BCUT2D eigenvalue weighted by Gasteiger charge is -2.12. The zero-order chi connectivity index (χ0) is 21.9. The third-order valence-electron chi connectivity index (χ3n) is 3.79. The largest absolute Gasteiger partial charge is 0.490 e. The summed E-state index contributed by atoms with van der Waals surface area (Å²) in [6, 6.07) is 10.9. The Morgan fingerprint density at radius 2 is 1.33 bits per heavy atom. The van der Waals surface area contributed by atoms with E-state index in [-0.39, 0.29) is 12.2 Å². The maximum Gasteiger partial charge on any atom is 0.338 e. The van der Waals surface area contributed by atoms with Crippen molar-refractivity contribution in [3.05, 3.63) is 53.6 Å². The molecule has 1 N–H and O–H groups in total. The van der Waals surface area contributed by atoms with Crippen LogP contribution in [0, 0.1) is 0 Å². The van der Waals surface area contributed by atoms with Gasteiger partial charge in [0, 0.05) is 5.69 Å². The monoisotopic (exact) mass is 415 g/mol. The van der Waals surface area contributed by atoms with Crippen LogP contribution in [0.3, 0.4) is 0 Å². The lowest BCUT2D eigenvalue weighted by Crippen LogP contribution is -2.21. The van der Waals surface area contributed by atoms with Crippen LogP contribution in [-0.2, 0) is 14.3 Å². The summed E-state index contributed by atoms with van der Waals surface area (Å²) in [5, 5.41) is 2.59. The van der Waals surface area contributed by atoms with E-state index >= 15 is 0 Å². The predicted molar refractivity (Wildman–Crippen MR) is 110 cm³/mol. The first-order valence-electron chi connectivity index (χ1n) is 9.62. The molecule has 0 bridgehead atoms. The number of ether oxygens (including phenoxy) is 4. The van der Waals surface area contributed by atoms with Gasteiger partial charge in [-0.05, 0) is 63.2 Å². The van der Waals surface area contributed by atoms with Gasteiger partial charge in [0.05, 0.1) is 30.9 Å². The molecule has 2 aromatic rings. The Kier molecular flexibility index (Phi) is 8.68. The fourth-order valence-corrected chi connectivity index (χ4v) is 2.49. The molecule has 0 spiro atoms. The molecular formula is C22H25NO7. The number of carbonyl (C=O) groups is 3. The van der Waals surface area contributed by atoms with E-state index < -0.39 is 24.5 Å². The summed E-state index contributed by atoms with van der Waals surface area (Å²) in [6.45, 7) is 6.09. The molecule has 8 nitrogen and oxygen atoms in total. The summed E-state index contributed by atoms with van der Waals surface area (Å²) in [4.78, 5) is 35.9. The Morgan fingerprint density at radius 3 is 1.97 bits per heavy atom. The summed E-state index contributed by atoms with van der Waals surface area (Å²) in [7, 11) is 0. The quantitative estimate of drug-likeness (QED) is 0.593. The van der Waals surface area contributed by atoms with E-state index in [1.165, 1.54) is 18.2 Å². The molecule has 0 unspecified atom stereocenters. The molecule has 0 atom stereocenters. The van der Waals surface area contributed by atoms with Crippen molar-refractivity contribution in [3.63, 3.8) is 0 Å². The highest BCUT2D eigenvalue weighted by Crippen LogP contribution is 2.28. The van der Waals surface area contributed by atoms with Gasteiger partial charge in [-0.25, -0.2) is 9.59 Å². The molecule has 0 saturated heterocycles. The van der Waals surface area contributed by atoms with E-state index in [4.69, 9.17) is 18.9 Å². The van der Waals surface area contributed by atoms with E-state index in [1.54, 1.807) is 31.2 Å². The van der Waals surface area contributed by atoms with Crippen molar-refractivity contribution in [3.8, 4) is 11.5 Å². The molecule has 0 fully saturated rings. The maximum absolute atomic E-state index is 12.3. The molecule has 30 heavy (non-hydrogen) atoms. The van der Waals surface area contributed by atoms with Crippen LogP contribution in [0.2, 0.25) is 0 Å². The van der Waals surface area contributed by atoms with Crippen molar-refractivity contribution in [1.82, 2.24) is 0 Å². The molecule has 0 aliphatic heterocycles. The first kappa shape index (κ1) is 22.7. The number of carbonyl (C=O) groups excluding carboxylic acids is 3. The van der Waals surface area contributed by atoms with Gasteiger partial charge in [0.15, 0.2) is 18.1 Å². The van der Waals surface area contributed by atoms with Gasteiger partial charge < -0.3 is 24.3 Å². The molecule has 0 aromatic heterocycles. The summed E-state index contributed by atoms with van der Waals surface area (Å²) in [5.41, 5.74) is 1.08. The zero-order valence-corrected chi connectivity index (χ0v) is 17.2. The van der Waals surface area contributed by atoms with Crippen molar-refractivity contribution in [2.45, 2.75) is 20.8 Å². The number of amides is 1. The van der Waals surface area contributed by atoms with E-state index in [0.717, 1.165) is 0 Å². The summed E-state index contributed by atoms with van der Waals surface area (Å²) in [5.74, 6) is -0.652. The van der Waals surface area contributed by atoms with Gasteiger partial charge in [0.2, 0.25) is 0 Å². The Balaban J connectivity index is 1.92. The Hall–Kier alpha value is -3.55. The second kappa shape index (κ2) is 11.5. The van der Waals surface area contributed by atoms with E-state index in [9.17, 15) is 14.4 Å². The van der Waals surface area contributed by atoms with Crippen LogP contribution in [0.4, 0.5) is 5.69 Å². The highest BCUT2D eigenvalue weighted by atomic mass is 16.5.